The van der Waals surface area contributed by atoms with Crippen LogP contribution in [0.4, 0.5) is 0 Å². The molecule has 0 spiro atoms. The highest BCUT2D eigenvalue weighted by atomic mass is 32.1. The molecule has 0 radical (unpaired) electrons. The van der Waals surface area contributed by atoms with Gasteiger partial charge < -0.3 is 4.90 Å². The van der Waals surface area contributed by atoms with Crippen LogP contribution in [0.5, 0.6) is 0 Å². The summed E-state index contributed by atoms with van der Waals surface area (Å²) in [6.45, 7) is 0.930. The Kier molecular flexibility index (Phi) is 4.86. The van der Waals surface area contributed by atoms with Gasteiger partial charge in [-0.1, -0.05) is 25.0 Å². The lowest BCUT2D eigenvalue weighted by molar-refractivity contribution is -0.141. The van der Waals surface area contributed by atoms with E-state index >= 15 is 0 Å². The lowest BCUT2D eigenvalue weighted by Crippen LogP contribution is -2.37. The number of amides is 3. The first-order valence-corrected chi connectivity index (χ1v) is 11.5. The predicted molar refractivity (Wildman–Crippen MR) is 110 cm³/mol. The molecule has 0 bridgehead atoms. The topological polar surface area (TPSA) is 70.6 Å². The van der Waals surface area contributed by atoms with Gasteiger partial charge in [0.1, 0.15) is 5.01 Å². The Bertz CT molecular complexity index is 914. The van der Waals surface area contributed by atoms with Crippen molar-refractivity contribution in [3.05, 3.63) is 29.3 Å². The molecule has 1 aromatic carbocycles. The monoisotopic (exact) mass is 411 g/mol. The molecule has 1 saturated carbocycles. The summed E-state index contributed by atoms with van der Waals surface area (Å²) >= 11 is 1.65. The Morgan fingerprint density at radius 2 is 1.76 bits per heavy atom. The molecule has 7 heteroatoms. The van der Waals surface area contributed by atoms with Gasteiger partial charge in [-0.3, -0.25) is 19.3 Å². The smallest absolute Gasteiger partial charge is 0.233 e. The molecule has 3 fully saturated rings. The van der Waals surface area contributed by atoms with E-state index < -0.39 is 0 Å². The van der Waals surface area contributed by atoms with E-state index in [-0.39, 0.29) is 48.6 Å². The average molecular weight is 412 g/mol. The van der Waals surface area contributed by atoms with Crippen LogP contribution in [0.15, 0.2) is 24.3 Å². The number of hydrogen-bond acceptors (Lipinski definition) is 5. The van der Waals surface area contributed by atoms with Crippen molar-refractivity contribution in [2.24, 2.45) is 11.8 Å². The number of imide groups is 1. The third-order valence-corrected chi connectivity index (χ3v) is 7.79. The van der Waals surface area contributed by atoms with Crippen molar-refractivity contribution in [3.8, 4) is 0 Å². The maximum atomic E-state index is 13.0. The van der Waals surface area contributed by atoms with Gasteiger partial charge in [0.15, 0.2) is 0 Å². The quantitative estimate of drug-likeness (QED) is 0.722. The number of para-hydroxylation sites is 1. The van der Waals surface area contributed by atoms with Crippen LogP contribution in [0.25, 0.3) is 10.2 Å². The predicted octanol–water partition coefficient (Wildman–Crippen LogP) is 3.53. The van der Waals surface area contributed by atoms with Gasteiger partial charge in [0.25, 0.3) is 0 Å². The molecule has 3 atom stereocenters. The molecule has 3 heterocycles. The van der Waals surface area contributed by atoms with E-state index in [0.29, 0.717) is 6.54 Å². The number of carbonyl (C=O) groups is 3. The molecule has 29 heavy (non-hydrogen) atoms. The molecule has 2 saturated heterocycles. The second-order valence-corrected chi connectivity index (χ2v) is 9.40. The van der Waals surface area contributed by atoms with E-state index in [2.05, 4.69) is 6.07 Å². The summed E-state index contributed by atoms with van der Waals surface area (Å²) in [5.74, 6) is -0.391. The summed E-state index contributed by atoms with van der Waals surface area (Å²) < 4.78 is 1.14. The van der Waals surface area contributed by atoms with Crippen molar-refractivity contribution < 1.29 is 14.4 Å². The number of carbonyl (C=O) groups excluding carboxylic acids is 3. The molecule has 3 aliphatic rings. The van der Waals surface area contributed by atoms with E-state index in [0.717, 1.165) is 53.7 Å². The van der Waals surface area contributed by atoms with Crippen LogP contribution in [0.2, 0.25) is 0 Å². The second-order valence-electron chi connectivity index (χ2n) is 8.34. The van der Waals surface area contributed by atoms with Crippen LogP contribution in [-0.4, -0.2) is 45.6 Å². The fourth-order valence-corrected chi connectivity index (χ4v) is 6.27. The van der Waals surface area contributed by atoms with Crippen LogP contribution >= 0.6 is 11.3 Å². The number of hydrogen-bond donors (Lipinski definition) is 0. The maximum absolute atomic E-state index is 13.0. The molecule has 1 aromatic heterocycles. The molecule has 6 nitrogen and oxygen atoms in total. The van der Waals surface area contributed by atoms with Crippen LogP contribution in [0.3, 0.4) is 0 Å². The minimum atomic E-state index is -0.145. The second kappa shape index (κ2) is 7.52. The molecule has 0 unspecified atom stereocenters. The molecule has 2 aromatic rings. The first kappa shape index (κ1) is 18.7. The number of nitrogens with zero attached hydrogens (tertiary/aromatic N) is 3. The van der Waals surface area contributed by atoms with Crippen LogP contribution in [-0.2, 0) is 14.4 Å². The SMILES string of the molecule is O=C1[C@H]2CCCC[C@@H]2C(=O)N1CCC(=O)N1CCC[C@H]1c1nc2ccccc2s1. The highest BCUT2D eigenvalue weighted by Gasteiger charge is 2.48. The fourth-order valence-electron chi connectivity index (χ4n) is 5.16. The molecule has 5 rings (SSSR count). The van der Waals surface area contributed by atoms with E-state index in [1.165, 1.54) is 4.90 Å². The molecule has 0 N–H and O–H groups in total. The van der Waals surface area contributed by atoms with Crippen molar-refractivity contribution in [1.29, 1.82) is 0 Å². The first-order valence-electron chi connectivity index (χ1n) is 10.6. The first-order chi connectivity index (χ1) is 14.1. The van der Waals surface area contributed by atoms with Gasteiger partial charge in [0.05, 0.1) is 28.1 Å². The van der Waals surface area contributed by atoms with E-state index in [9.17, 15) is 14.4 Å². The third kappa shape index (κ3) is 3.25. The summed E-state index contributed by atoms with van der Waals surface area (Å²) in [6.07, 6.45) is 5.74. The number of likely N-dealkylation sites (tertiary alicyclic amines) is 2. The molecular formula is C22H25N3O3S. The number of rotatable bonds is 4. The Hall–Kier alpha value is -2.28. The number of thiazole rings is 1. The highest BCUT2D eigenvalue weighted by Crippen LogP contribution is 2.39. The van der Waals surface area contributed by atoms with Gasteiger partial charge in [-0.05, 0) is 37.8 Å². The standard InChI is InChI=1S/C22H25N3O3S/c26-19(11-13-25-21(27)14-6-1-2-7-15(14)22(25)28)24-12-5-9-17(24)20-23-16-8-3-4-10-18(16)29-20/h3-4,8,10,14-15,17H,1-2,5-7,9,11-13H2/t14-,15-,17-/m0/s1. The largest absolute Gasteiger partial charge is 0.333 e. The van der Waals surface area contributed by atoms with E-state index in [4.69, 9.17) is 4.98 Å². The lowest BCUT2D eigenvalue weighted by atomic mass is 9.81. The molecule has 2 aliphatic heterocycles. The third-order valence-electron chi connectivity index (χ3n) is 6.65. The summed E-state index contributed by atoms with van der Waals surface area (Å²) in [4.78, 5) is 46.3. The van der Waals surface area contributed by atoms with Crippen molar-refractivity contribution in [2.75, 3.05) is 13.1 Å². The zero-order chi connectivity index (χ0) is 20.0. The van der Waals surface area contributed by atoms with Crippen molar-refractivity contribution in [1.82, 2.24) is 14.8 Å². The van der Waals surface area contributed by atoms with Crippen LogP contribution in [0.1, 0.15) is 56.0 Å². The molecule has 3 amide bonds. The van der Waals surface area contributed by atoms with Gasteiger partial charge in [-0.2, -0.15) is 0 Å². The number of benzene rings is 1. The van der Waals surface area contributed by atoms with Crippen molar-refractivity contribution in [3.63, 3.8) is 0 Å². The Balaban J connectivity index is 1.26. The number of aromatic nitrogens is 1. The maximum Gasteiger partial charge on any atom is 0.233 e. The van der Waals surface area contributed by atoms with E-state index in [1.807, 2.05) is 23.1 Å². The van der Waals surface area contributed by atoms with Crippen molar-refractivity contribution in [2.45, 2.75) is 51.0 Å². The van der Waals surface area contributed by atoms with Gasteiger partial charge in [-0.15, -0.1) is 11.3 Å². The van der Waals surface area contributed by atoms with Gasteiger partial charge in [0.2, 0.25) is 17.7 Å². The number of fused-ring (bicyclic) bond motifs is 2. The summed E-state index contributed by atoms with van der Waals surface area (Å²) in [5.41, 5.74) is 0.975. The molecule has 1 aliphatic carbocycles. The minimum Gasteiger partial charge on any atom is -0.333 e. The summed E-state index contributed by atoms with van der Waals surface area (Å²) in [6, 6.07) is 8.05. The van der Waals surface area contributed by atoms with Gasteiger partial charge in [0, 0.05) is 19.5 Å². The Morgan fingerprint density at radius 3 is 2.48 bits per heavy atom. The zero-order valence-corrected chi connectivity index (χ0v) is 17.2. The average Bonchev–Trinajstić information content (AvgIpc) is 3.44. The van der Waals surface area contributed by atoms with E-state index in [1.54, 1.807) is 11.3 Å². The lowest BCUT2D eigenvalue weighted by Gasteiger charge is -2.24. The van der Waals surface area contributed by atoms with Crippen LogP contribution < -0.4 is 0 Å². The molecule has 152 valence electrons. The minimum absolute atomic E-state index is 0.00691. The fraction of sp³-hybridized carbons (Fsp3) is 0.545. The highest BCUT2D eigenvalue weighted by molar-refractivity contribution is 7.18. The van der Waals surface area contributed by atoms with Gasteiger partial charge in [-0.25, -0.2) is 4.98 Å². The van der Waals surface area contributed by atoms with Crippen molar-refractivity contribution >= 4 is 39.3 Å². The van der Waals surface area contributed by atoms with Crippen LogP contribution in [0, 0.1) is 11.8 Å². The Labute approximate surface area is 173 Å². The normalized spacial score (nSPS) is 27.1. The molecular weight excluding hydrogens is 386 g/mol. The zero-order valence-electron chi connectivity index (χ0n) is 16.4. The summed E-state index contributed by atoms with van der Waals surface area (Å²) in [5, 5.41) is 0.983. The van der Waals surface area contributed by atoms with Gasteiger partial charge >= 0.3 is 0 Å². The summed E-state index contributed by atoms with van der Waals surface area (Å²) in [7, 11) is 0. The Morgan fingerprint density at radius 1 is 1.03 bits per heavy atom.